The highest BCUT2D eigenvalue weighted by Gasteiger charge is 2.15. The molecule has 4 nitrogen and oxygen atoms in total. The van der Waals surface area contributed by atoms with Crippen LogP contribution in [0.25, 0.3) is 11.1 Å². The highest BCUT2D eigenvalue weighted by atomic mass is 16.7. The normalized spacial score (nSPS) is 12.0. The van der Waals surface area contributed by atoms with E-state index in [2.05, 4.69) is 0 Å². The number of benzene rings is 3. The molecule has 25 heavy (non-hydrogen) atoms. The monoisotopic (exact) mass is 332 g/mol. The fourth-order valence-electron chi connectivity index (χ4n) is 2.78. The third kappa shape index (κ3) is 3.19. The van der Waals surface area contributed by atoms with Gasteiger partial charge in [-0.3, -0.25) is 4.79 Å². The first-order valence-electron chi connectivity index (χ1n) is 7.99. The number of ether oxygens (including phenoxy) is 3. The van der Waals surface area contributed by atoms with Gasteiger partial charge in [0, 0.05) is 5.56 Å². The second-order valence-electron chi connectivity index (χ2n) is 5.71. The molecule has 4 rings (SSSR count). The van der Waals surface area contributed by atoms with E-state index < -0.39 is 0 Å². The van der Waals surface area contributed by atoms with E-state index in [-0.39, 0.29) is 6.79 Å². The minimum atomic E-state index is 0.222. The molecule has 1 heterocycles. The average molecular weight is 332 g/mol. The van der Waals surface area contributed by atoms with Crippen molar-refractivity contribution in [2.24, 2.45) is 0 Å². The molecule has 0 bridgehead atoms. The molecule has 3 aromatic carbocycles. The zero-order valence-electron chi connectivity index (χ0n) is 13.5. The Hall–Kier alpha value is -3.27. The topological polar surface area (TPSA) is 44.8 Å². The molecule has 0 saturated heterocycles. The number of hydrogen-bond donors (Lipinski definition) is 0. The molecule has 0 aliphatic carbocycles. The van der Waals surface area contributed by atoms with Crippen LogP contribution < -0.4 is 14.2 Å². The third-order valence-corrected chi connectivity index (χ3v) is 4.08. The molecular formula is C21H16O4. The molecule has 1 aliphatic rings. The second kappa shape index (κ2) is 6.69. The lowest BCUT2D eigenvalue weighted by atomic mass is 9.99. The molecule has 0 spiro atoms. The molecule has 1 aliphatic heterocycles. The summed E-state index contributed by atoms with van der Waals surface area (Å²) in [7, 11) is 0. The highest BCUT2D eigenvalue weighted by molar-refractivity contribution is 5.88. The lowest BCUT2D eigenvalue weighted by Crippen LogP contribution is -1.96. The minimum absolute atomic E-state index is 0.222. The molecule has 3 aromatic rings. The summed E-state index contributed by atoms with van der Waals surface area (Å²) in [6, 6.07) is 21.1. The molecule has 0 fully saturated rings. The van der Waals surface area contributed by atoms with Crippen molar-refractivity contribution in [2.75, 3.05) is 6.79 Å². The SMILES string of the molecule is O=Cc1ccc(OCc2ccccc2)cc1-c1ccc2c(c1)OCO2. The summed E-state index contributed by atoms with van der Waals surface area (Å²) in [5.74, 6) is 2.11. The second-order valence-corrected chi connectivity index (χ2v) is 5.71. The molecule has 0 N–H and O–H groups in total. The van der Waals surface area contributed by atoms with Gasteiger partial charge in [-0.1, -0.05) is 36.4 Å². The van der Waals surface area contributed by atoms with Crippen LogP contribution >= 0.6 is 0 Å². The van der Waals surface area contributed by atoms with Crippen LogP contribution in [-0.2, 0) is 6.61 Å². The van der Waals surface area contributed by atoms with Gasteiger partial charge in [0.1, 0.15) is 12.4 Å². The fraction of sp³-hybridized carbons (Fsp3) is 0.0952. The largest absolute Gasteiger partial charge is 0.489 e. The summed E-state index contributed by atoms with van der Waals surface area (Å²) in [5.41, 5.74) is 3.38. The summed E-state index contributed by atoms with van der Waals surface area (Å²) in [6.45, 7) is 0.696. The summed E-state index contributed by atoms with van der Waals surface area (Å²) >= 11 is 0. The summed E-state index contributed by atoms with van der Waals surface area (Å²) in [6.07, 6.45) is 0.848. The molecular weight excluding hydrogens is 316 g/mol. The quantitative estimate of drug-likeness (QED) is 0.647. The number of carbonyl (C=O) groups excluding carboxylic acids is 1. The van der Waals surface area contributed by atoms with Crippen LogP contribution in [0.4, 0.5) is 0 Å². The van der Waals surface area contributed by atoms with Crippen molar-refractivity contribution < 1.29 is 19.0 Å². The van der Waals surface area contributed by atoms with Crippen molar-refractivity contribution in [3.05, 3.63) is 77.9 Å². The van der Waals surface area contributed by atoms with Crippen LogP contribution in [0, 0.1) is 0 Å². The van der Waals surface area contributed by atoms with Crippen LogP contribution in [0.15, 0.2) is 66.7 Å². The first kappa shape index (κ1) is 15.3. The standard InChI is InChI=1S/C21H16O4/c22-12-17-6-8-18(23-13-15-4-2-1-3-5-15)11-19(17)16-7-9-20-21(10-16)25-14-24-20/h1-12H,13-14H2. The molecule has 0 atom stereocenters. The van der Waals surface area contributed by atoms with Gasteiger partial charge in [-0.25, -0.2) is 0 Å². The fourth-order valence-corrected chi connectivity index (χ4v) is 2.78. The van der Waals surface area contributed by atoms with Crippen molar-refractivity contribution in [1.82, 2.24) is 0 Å². The smallest absolute Gasteiger partial charge is 0.231 e. The molecule has 0 amide bonds. The van der Waals surface area contributed by atoms with E-state index >= 15 is 0 Å². The third-order valence-electron chi connectivity index (χ3n) is 4.08. The Morgan fingerprint density at radius 3 is 2.60 bits per heavy atom. The van der Waals surface area contributed by atoms with Gasteiger partial charge in [-0.05, 0) is 47.0 Å². The first-order chi connectivity index (χ1) is 12.3. The van der Waals surface area contributed by atoms with Gasteiger partial charge in [-0.15, -0.1) is 0 Å². The Balaban J connectivity index is 1.63. The summed E-state index contributed by atoms with van der Waals surface area (Å²) in [5, 5.41) is 0. The van der Waals surface area contributed by atoms with Crippen LogP contribution in [-0.4, -0.2) is 13.1 Å². The van der Waals surface area contributed by atoms with Crippen LogP contribution in [0.3, 0.4) is 0 Å². The Morgan fingerprint density at radius 1 is 0.920 bits per heavy atom. The van der Waals surface area contributed by atoms with Crippen LogP contribution in [0.5, 0.6) is 17.2 Å². The van der Waals surface area contributed by atoms with Gasteiger partial charge >= 0.3 is 0 Å². The van der Waals surface area contributed by atoms with Crippen LogP contribution in [0.2, 0.25) is 0 Å². The zero-order valence-corrected chi connectivity index (χ0v) is 13.5. The Labute approximate surface area is 145 Å². The molecule has 0 saturated carbocycles. The first-order valence-corrected chi connectivity index (χ1v) is 7.99. The Bertz CT molecular complexity index is 903. The van der Waals surface area contributed by atoms with Crippen molar-refractivity contribution in [3.63, 3.8) is 0 Å². The number of rotatable bonds is 5. The summed E-state index contributed by atoms with van der Waals surface area (Å²) < 4.78 is 16.6. The number of aldehydes is 1. The van der Waals surface area contributed by atoms with E-state index in [9.17, 15) is 4.79 Å². The van der Waals surface area contributed by atoms with E-state index in [4.69, 9.17) is 14.2 Å². The molecule has 0 aromatic heterocycles. The van der Waals surface area contributed by atoms with Gasteiger partial charge in [0.15, 0.2) is 17.8 Å². The van der Waals surface area contributed by atoms with E-state index in [1.807, 2.05) is 60.7 Å². The van der Waals surface area contributed by atoms with Crippen LogP contribution in [0.1, 0.15) is 15.9 Å². The molecule has 124 valence electrons. The van der Waals surface area contributed by atoms with Crippen molar-refractivity contribution >= 4 is 6.29 Å². The van der Waals surface area contributed by atoms with Gasteiger partial charge in [0.2, 0.25) is 6.79 Å². The summed E-state index contributed by atoms with van der Waals surface area (Å²) in [4.78, 5) is 11.4. The van der Waals surface area contributed by atoms with E-state index in [0.29, 0.717) is 29.4 Å². The van der Waals surface area contributed by atoms with E-state index in [0.717, 1.165) is 23.0 Å². The number of fused-ring (bicyclic) bond motifs is 1. The zero-order chi connectivity index (χ0) is 17.1. The average Bonchev–Trinajstić information content (AvgIpc) is 3.15. The van der Waals surface area contributed by atoms with E-state index in [1.165, 1.54) is 0 Å². The Morgan fingerprint density at radius 2 is 1.76 bits per heavy atom. The van der Waals surface area contributed by atoms with Crippen molar-refractivity contribution in [3.8, 4) is 28.4 Å². The Kier molecular flexibility index (Phi) is 4.09. The number of hydrogen-bond acceptors (Lipinski definition) is 4. The van der Waals surface area contributed by atoms with E-state index in [1.54, 1.807) is 6.07 Å². The predicted molar refractivity (Wildman–Crippen MR) is 94.2 cm³/mol. The van der Waals surface area contributed by atoms with Gasteiger partial charge in [0.05, 0.1) is 0 Å². The maximum Gasteiger partial charge on any atom is 0.231 e. The van der Waals surface area contributed by atoms with Crippen molar-refractivity contribution in [1.29, 1.82) is 0 Å². The van der Waals surface area contributed by atoms with Gasteiger partial charge in [-0.2, -0.15) is 0 Å². The predicted octanol–water partition coefficient (Wildman–Crippen LogP) is 4.47. The lowest BCUT2D eigenvalue weighted by molar-refractivity contribution is 0.112. The maximum atomic E-state index is 11.4. The van der Waals surface area contributed by atoms with Gasteiger partial charge in [0.25, 0.3) is 0 Å². The van der Waals surface area contributed by atoms with Gasteiger partial charge < -0.3 is 14.2 Å². The molecule has 4 heteroatoms. The number of carbonyl (C=O) groups is 1. The molecule has 0 unspecified atom stereocenters. The molecule has 0 radical (unpaired) electrons. The highest BCUT2D eigenvalue weighted by Crippen LogP contribution is 2.37. The lowest BCUT2D eigenvalue weighted by Gasteiger charge is -2.11. The minimum Gasteiger partial charge on any atom is -0.489 e. The maximum absolute atomic E-state index is 11.4. The van der Waals surface area contributed by atoms with Crippen molar-refractivity contribution in [2.45, 2.75) is 6.61 Å².